The molecular weight excluding hydrogens is 332 g/mol. The van der Waals surface area contributed by atoms with Gasteiger partial charge < -0.3 is 10.0 Å². The summed E-state index contributed by atoms with van der Waals surface area (Å²) < 4.78 is 0. The second-order valence-corrected chi connectivity index (χ2v) is 6.72. The quantitative estimate of drug-likeness (QED) is 0.856. The van der Waals surface area contributed by atoms with Crippen LogP contribution in [-0.4, -0.2) is 69.7 Å². The van der Waals surface area contributed by atoms with E-state index in [1.165, 1.54) is 0 Å². The van der Waals surface area contributed by atoms with Gasteiger partial charge >= 0.3 is 5.97 Å². The highest BCUT2D eigenvalue weighted by atomic mass is 16.4. The molecule has 0 bridgehead atoms. The van der Waals surface area contributed by atoms with Crippen molar-refractivity contribution in [2.24, 2.45) is 0 Å². The van der Waals surface area contributed by atoms with Crippen LogP contribution in [0.15, 0.2) is 36.4 Å². The van der Waals surface area contributed by atoms with Crippen LogP contribution in [0.2, 0.25) is 0 Å². The van der Waals surface area contributed by atoms with E-state index in [-0.39, 0.29) is 18.5 Å². The summed E-state index contributed by atoms with van der Waals surface area (Å²) in [7, 11) is 1.83. The molecule has 2 aromatic rings. The van der Waals surface area contributed by atoms with Crippen LogP contribution in [-0.2, 0) is 4.79 Å². The molecule has 1 aliphatic rings. The van der Waals surface area contributed by atoms with E-state index in [9.17, 15) is 9.59 Å². The number of carbonyl (C=O) groups is 2. The summed E-state index contributed by atoms with van der Waals surface area (Å²) in [5, 5.41) is 16.1. The number of carboxylic acids is 1. The molecule has 1 fully saturated rings. The van der Waals surface area contributed by atoms with Crippen molar-refractivity contribution in [2.45, 2.75) is 25.3 Å². The molecule has 1 saturated heterocycles. The summed E-state index contributed by atoms with van der Waals surface area (Å²) >= 11 is 0. The van der Waals surface area contributed by atoms with E-state index in [0.29, 0.717) is 18.8 Å². The molecule has 1 aromatic carbocycles. The fourth-order valence-corrected chi connectivity index (χ4v) is 3.42. The van der Waals surface area contributed by atoms with Gasteiger partial charge in [-0.2, -0.15) is 5.10 Å². The van der Waals surface area contributed by atoms with E-state index < -0.39 is 5.97 Å². The van der Waals surface area contributed by atoms with Crippen molar-refractivity contribution >= 4 is 11.9 Å². The molecule has 2 N–H and O–H groups in total. The first kappa shape index (κ1) is 18.1. The number of aromatic nitrogens is 2. The van der Waals surface area contributed by atoms with E-state index in [0.717, 1.165) is 30.5 Å². The molecule has 138 valence electrons. The first-order valence-electron chi connectivity index (χ1n) is 8.86. The number of likely N-dealkylation sites (tertiary alicyclic amines) is 1. The number of carbonyl (C=O) groups excluding carboxylic acids is 1. The van der Waals surface area contributed by atoms with Gasteiger partial charge in [-0.05, 0) is 32.4 Å². The molecule has 1 atom stereocenters. The van der Waals surface area contributed by atoms with Crippen molar-refractivity contribution in [2.75, 3.05) is 26.7 Å². The number of amides is 1. The number of carboxylic acid groups (broad SMARTS) is 1. The molecule has 3 rings (SSSR count). The van der Waals surface area contributed by atoms with Crippen LogP contribution in [0.3, 0.4) is 0 Å². The molecule has 26 heavy (non-hydrogen) atoms. The summed E-state index contributed by atoms with van der Waals surface area (Å²) in [5.74, 6) is -0.878. The lowest BCUT2D eigenvalue weighted by Crippen LogP contribution is -2.37. The van der Waals surface area contributed by atoms with Crippen molar-refractivity contribution in [1.82, 2.24) is 20.0 Å². The van der Waals surface area contributed by atoms with E-state index in [1.807, 2.05) is 47.2 Å². The Morgan fingerprint density at radius 3 is 2.77 bits per heavy atom. The number of aromatic amines is 1. The summed E-state index contributed by atoms with van der Waals surface area (Å²) in [6.45, 7) is 1.32. The Bertz CT molecular complexity index is 759. The summed E-state index contributed by atoms with van der Waals surface area (Å²) in [5.41, 5.74) is 2.21. The lowest BCUT2D eigenvalue weighted by Gasteiger charge is -2.25. The maximum atomic E-state index is 12.8. The highest BCUT2D eigenvalue weighted by molar-refractivity contribution is 5.93. The zero-order chi connectivity index (χ0) is 18.5. The number of aliphatic carboxylic acids is 1. The standard InChI is InChI=1S/C19H24N4O3/c1-22(13-18(24)25)15-8-5-10-23(11-9-15)19(26)17-12-16(20-21-17)14-6-3-2-4-7-14/h2-4,6-7,12,15H,5,8-11,13H2,1H3,(H,20,21)(H,24,25). The highest BCUT2D eigenvalue weighted by Crippen LogP contribution is 2.20. The maximum absolute atomic E-state index is 12.8. The van der Waals surface area contributed by atoms with Gasteiger partial charge in [0.15, 0.2) is 0 Å². The van der Waals surface area contributed by atoms with Crippen LogP contribution < -0.4 is 0 Å². The smallest absolute Gasteiger partial charge is 0.317 e. The lowest BCUT2D eigenvalue weighted by molar-refractivity contribution is -0.138. The minimum absolute atomic E-state index is 0.0274. The Hall–Kier alpha value is -2.67. The van der Waals surface area contributed by atoms with Crippen molar-refractivity contribution < 1.29 is 14.7 Å². The minimum atomic E-state index is -0.824. The Morgan fingerprint density at radius 2 is 2.04 bits per heavy atom. The van der Waals surface area contributed by atoms with Crippen LogP contribution in [0.25, 0.3) is 11.3 Å². The van der Waals surface area contributed by atoms with Gasteiger partial charge in [0.05, 0.1) is 12.2 Å². The molecular formula is C19H24N4O3. The third-order valence-electron chi connectivity index (χ3n) is 4.87. The summed E-state index contributed by atoms with van der Waals surface area (Å²) in [6, 6.07) is 11.7. The van der Waals surface area contributed by atoms with Gasteiger partial charge in [-0.1, -0.05) is 30.3 Å². The monoisotopic (exact) mass is 356 g/mol. The van der Waals surface area contributed by atoms with Crippen LogP contribution in [0.1, 0.15) is 29.8 Å². The SMILES string of the molecule is CN(CC(=O)O)C1CCCN(C(=O)c2cc(-c3ccccc3)n[nH]2)CC1. The average molecular weight is 356 g/mol. The molecule has 7 heteroatoms. The van der Waals surface area contributed by atoms with Gasteiger partial charge in [0.25, 0.3) is 5.91 Å². The fraction of sp³-hybridized carbons (Fsp3) is 0.421. The number of likely N-dealkylation sites (N-methyl/N-ethyl adjacent to an activating group) is 1. The van der Waals surface area contributed by atoms with Crippen LogP contribution in [0.4, 0.5) is 0 Å². The zero-order valence-corrected chi connectivity index (χ0v) is 14.9. The third kappa shape index (κ3) is 4.29. The van der Waals surface area contributed by atoms with Gasteiger partial charge in [-0.25, -0.2) is 0 Å². The van der Waals surface area contributed by atoms with Crippen molar-refractivity contribution in [3.8, 4) is 11.3 Å². The Kier molecular flexibility index (Phi) is 5.68. The van der Waals surface area contributed by atoms with E-state index in [4.69, 9.17) is 5.11 Å². The number of hydrogen-bond donors (Lipinski definition) is 2. The number of hydrogen-bond acceptors (Lipinski definition) is 4. The molecule has 0 aliphatic carbocycles. The number of benzene rings is 1. The van der Waals surface area contributed by atoms with Crippen LogP contribution in [0, 0.1) is 0 Å². The molecule has 1 unspecified atom stereocenters. The number of H-pyrrole nitrogens is 1. The first-order valence-corrected chi connectivity index (χ1v) is 8.86. The molecule has 0 radical (unpaired) electrons. The molecule has 1 amide bonds. The Labute approximate surface area is 152 Å². The molecule has 0 saturated carbocycles. The van der Waals surface area contributed by atoms with Gasteiger partial charge in [0, 0.05) is 24.7 Å². The predicted molar refractivity (Wildman–Crippen MR) is 97.8 cm³/mol. The second-order valence-electron chi connectivity index (χ2n) is 6.72. The zero-order valence-electron chi connectivity index (χ0n) is 14.9. The summed E-state index contributed by atoms with van der Waals surface area (Å²) in [4.78, 5) is 27.4. The second kappa shape index (κ2) is 8.14. The molecule has 1 aromatic heterocycles. The molecule has 2 heterocycles. The average Bonchev–Trinajstić information content (AvgIpc) is 2.99. The number of nitrogens with zero attached hydrogens (tertiary/aromatic N) is 3. The predicted octanol–water partition coefficient (Wildman–Crippen LogP) is 2.09. The number of nitrogens with one attached hydrogen (secondary N) is 1. The molecule has 1 aliphatic heterocycles. The molecule has 0 spiro atoms. The van der Waals surface area contributed by atoms with E-state index >= 15 is 0 Å². The summed E-state index contributed by atoms with van der Waals surface area (Å²) in [6.07, 6.45) is 2.53. The fourth-order valence-electron chi connectivity index (χ4n) is 3.42. The van der Waals surface area contributed by atoms with Crippen molar-refractivity contribution in [3.63, 3.8) is 0 Å². The lowest BCUT2D eigenvalue weighted by atomic mass is 10.1. The van der Waals surface area contributed by atoms with Crippen molar-refractivity contribution in [3.05, 3.63) is 42.1 Å². The number of rotatable bonds is 5. The third-order valence-corrected chi connectivity index (χ3v) is 4.87. The van der Waals surface area contributed by atoms with Gasteiger partial charge in [0.1, 0.15) is 5.69 Å². The topological polar surface area (TPSA) is 89.5 Å². The normalized spacial score (nSPS) is 17.9. The van der Waals surface area contributed by atoms with E-state index in [2.05, 4.69) is 10.2 Å². The maximum Gasteiger partial charge on any atom is 0.317 e. The van der Waals surface area contributed by atoms with Crippen molar-refractivity contribution in [1.29, 1.82) is 0 Å². The van der Waals surface area contributed by atoms with Crippen LogP contribution in [0.5, 0.6) is 0 Å². The Morgan fingerprint density at radius 1 is 1.27 bits per heavy atom. The molecule has 7 nitrogen and oxygen atoms in total. The van der Waals surface area contributed by atoms with Gasteiger partial charge in [0.2, 0.25) is 0 Å². The largest absolute Gasteiger partial charge is 0.480 e. The Balaban J connectivity index is 1.64. The minimum Gasteiger partial charge on any atom is -0.480 e. The van der Waals surface area contributed by atoms with Gasteiger partial charge in [-0.15, -0.1) is 0 Å². The van der Waals surface area contributed by atoms with E-state index in [1.54, 1.807) is 6.07 Å². The van der Waals surface area contributed by atoms with Crippen LogP contribution >= 0.6 is 0 Å². The highest BCUT2D eigenvalue weighted by Gasteiger charge is 2.25. The van der Waals surface area contributed by atoms with Gasteiger partial charge in [-0.3, -0.25) is 19.6 Å². The first-order chi connectivity index (χ1) is 12.5.